The van der Waals surface area contributed by atoms with Gasteiger partial charge in [0.15, 0.2) is 0 Å². The van der Waals surface area contributed by atoms with Crippen molar-refractivity contribution in [3.8, 4) is 11.1 Å². The van der Waals surface area contributed by atoms with Gasteiger partial charge in [-0.25, -0.2) is 0 Å². The molecule has 0 spiro atoms. The number of hydrogen-bond acceptors (Lipinski definition) is 2. The molecule has 0 N–H and O–H groups in total. The second-order valence-corrected chi connectivity index (χ2v) is 3.23. The van der Waals surface area contributed by atoms with Crippen LogP contribution in [0.25, 0.3) is 11.1 Å². The molecular formula is C13H9LiO2. The fourth-order valence-electron chi connectivity index (χ4n) is 1.46. The Balaban J connectivity index is 0.00000128. The van der Waals surface area contributed by atoms with E-state index in [1.807, 2.05) is 36.4 Å². The smallest absolute Gasteiger partial charge is 0.545 e. The van der Waals surface area contributed by atoms with E-state index in [4.69, 9.17) is 0 Å². The normalized spacial score (nSPS) is 9.25. The number of hydrogen-bond donors (Lipinski definition) is 0. The van der Waals surface area contributed by atoms with Crippen molar-refractivity contribution in [1.29, 1.82) is 0 Å². The minimum atomic E-state index is -1.15. The molecule has 0 aliphatic carbocycles. The van der Waals surface area contributed by atoms with Crippen LogP contribution in [0.2, 0.25) is 0 Å². The standard InChI is InChI=1S/C13H10O2.Li/c14-13(15)12-8-4-7-11(9-12)10-5-2-1-3-6-10;/h1-9H,(H,14,15);/q;+1/p-1. The Morgan fingerprint density at radius 2 is 1.50 bits per heavy atom. The van der Waals surface area contributed by atoms with Crippen molar-refractivity contribution in [3.63, 3.8) is 0 Å². The van der Waals surface area contributed by atoms with Crippen LogP contribution in [0.1, 0.15) is 10.4 Å². The average molecular weight is 204 g/mol. The van der Waals surface area contributed by atoms with E-state index in [9.17, 15) is 9.90 Å². The van der Waals surface area contributed by atoms with Crippen LogP contribution in [-0.4, -0.2) is 5.97 Å². The van der Waals surface area contributed by atoms with Gasteiger partial charge in [-0.3, -0.25) is 0 Å². The fraction of sp³-hybridized carbons (Fsp3) is 0. The van der Waals surface area contributed by atoms with E-state index in [0.717, 1.165) is 11.1 Å². The summed E-state index contributed by atoms with van der Waals surface area (Å²) in [4.78, 5) is 10.7. The van der Waals surface area contributed by atoms with Crippen molar-refractivity contribution in [2.45, 2.75) is 0 Å². The summed E-state index contributed by atoms with van der Waals surface area (Å²) in [5.74, 6) is -1.15. The van der Waals surface area contributed by atoms with Crippen molar-refractivity contribution < 1.29 is 28.8 Å². The topological polar surface area (TPSA) is 40.1 Å². The molecule has 0 fully saturated rings. The van der Waals surface area contributed by atoms with Gasteiger partial charge < -0.3 is 9.90 Å². The first-order valence-corrected chi connectivity index (χ1v) is 4.64. The van der Waals surface area contributed by atoms with Gasteiger partial charge in [-0.05, 0) is 22.8 Å². The molecule has 0 radical (unpaired) electrons. The van der Waals surface area contributed by atoms with Gasteiger partial charge in [0.05, 0.1) is 5.97 Å². The number of carboxylic acid groups (broad SMARTS) is 1. The second-order valence-electron chi connectivity index (χ2n) is 3.23. The summed E-state index contributed by atoms with van der Waals surface area (Å²) in [7, 11) is 0. The van der Waals surface area contributed by atoms with Gasteiger partial charge >= 0.3 is 18.9 Å². The summed E-state index contributed by atoms with van der Waals surface area (Å²) in [6.45, 7) is 0. The molecule has 0 heterocycles. The maximum atomic E-state index is 10.7. The predicted molar refractivity (Wildman–Crippen MR) is 56.2 cm³/mol. The third kappa shape index (κ3) is 2.76. The summed E-state index contributed by atoms with van der Waals surface area (Å²) in [6.07, 6.45) is 0. The van der Waals surface area contributed by atoms with Crippen LogP contribution >= 0.6 is 0 Å². The number of carbonyl (C=O) groups excluding carboxylic acids is 1. The number of carboxylic acids is 1. The summed E-state index contributed by atoms with van der Waals surface area (Å²) < 4.78 is 0. The van der Waals surface area contributed by atoms with Gasteiger partial charge in [-0.15, -0.1) is 0 Å². The maximum absolute atomic E-state index is 10.7. The van der Waals surface area contributed by atoms with Crippen molar-refractivity contribution in [2.75, 3.05) is 0 Å². The monoisotopic (exact) mass is 204 g/mol. The zero-order valence-corrected chi connectivity index (χ0v) is 9.01. The molecule has 0 amide bonds. The molecular weight excluding hydrogens is 195 g/mol. The summed E-state index contributed by atoms with van der Waals surface area (Å²) in [5, 5.41) is 10.7. The SMILES string of the molecule is O=C([O-])c1cccc(-c2ccccc2)c1.[Li+]. The Bertz CT molecular complexity index is 480. The van der Waals surface area contributed by atoms with Gasteiger partial charge in [0.25, 0.3) is 0 Å². The van der Waals surface area contributed by atoms with E-state index in [1.54, 1.807) is 12.1 Å². The zero-order chi connectivity index (χ0) is 10.7. The van der Waals surface area contributed by atoms with Gasteiger partial charge in [0, 0.05) is 0 Å². The first-order chi connectivity index (χ1) is 7.27. The van der Waals surface area contributed by atoms with Gasteiger partial charge in [0.2, 0.25) is 0 Å². The van der Waals surface area contributed by atoms with E-state index in [-0.39, 0.29) is 24.4 Å². The molecule has 0 aliphatic heterocycles. The average Bonchev–Trinajstić information content (AvgIpc) is 2.30. The minimum Gasteiger partial charge on any atom is -0.545 e. The molecule has 0 aliphatic rings. The minimum absolute atomic E-state index is 0. The first-order valence-electron chi connectivity index (χ1n) is 4.64. The molecule has 0 saturated carbocycles. The predicted octanol–water partition coefficient (Wildman–Crippen LogP) is -1.28. The Hall–Kier alpha value is -1.49. The van der Waals surface area contributed by atoms with Gasteiger partial charge in [0.1, 0.15) is 0 Å². The Kier molecular flexibility index (Phi) is 4.36. The summed E-state index contributed by atoms with van der Waals surface area (Å²) in [6, 6.07) is 16.4. The molecule has 74 valence electrons. The van der Waals surface area contributed by atoms with E-state index < -0.39 is 5.97 Å². The quantitative estimate of drug-likeness (QED) is 0.572. The second kappa shape index (κ2) is 5.55. The first kappa shape index (κ1) is 12.6. The Morgan fingerprint density at radius 1 is 0.875 bits per heavy atom. The summed E-state index contributed by atoms with van der Waals surface area (Å²) in [5.41, 5.74) is 2.09. The van der Waals surface area contributed by atoms with Crippen LogP contribution in [0.15, 0.2) is 54.6 Å². The number of benzene rings is 2. The molecule has 2 aromatic carbocycles. The van der Waals surface area contributed by atoms with E-state index in [2.05, 4.69) is 0 Å². The van der Waals surface area contributed by atoms with Crippen LogP contribution in [0.3, 0.4) is 0 Å². The molecule has 0 atom stereocenters. The van der Waals surface area contributed by atoms with Crippen LogP contribution in [0, 0.1) is 0 Å². The van der Waals surface area contributed by atoms with Crippen molar-refractivity contribution in [2.24, 2.45) is 0 Å². The van der Waals surface area contributed by atoms with E-state index in [1.165, 1.54) is 6.07 Å². The van der Waals surface area contributed by atoms with E-state index >= 15 is 0 Å². The van der Waals surface area contributed by atoms with Crippen LogP contribution < -0.4 is 24.0 Å². The van der Waals surface area contributed by atoms with Gasteiger partial charge in [-0.2, -0.15) is 0 Å². The van der Waals surface area contributed by atoms with Crippen molar-refractivity contribution in [1.82, 2.24) is 0 Å². The molecule has 2 rings (SSSR count). The molecule has 0 saturated heterocycles. The molecule has 0 aromatic heterocycles. The molecule has 0 unspecified atom stereocenters. The van der Waals surface area contributed by atoms with Crippen molar-refractivity contribution >= 4 is 5.97 Å². The van der Waals surface area contributed by atoms with Crippen LogP contribution in [-0.2, 0) is 0 Å². The molecule has 2 aromatic rings. The third-order valence-corrected chi connectivity index (χ3v) is 2.21. The Labute approximate surface area is 106 Å². The number of aromatic carboxylic acids is 1. The molecule has 16 heavy (non-hydrogen) atoms. The van der Waals surface area contributed by atoms with Crippen LogP contribution in [0.4, 0.5) is 0 Å². The largest absolute Gasteiger partial charge is 1.00 e. The fourth-order valence-corrected chi connectivity index (χ4v) is 1.46. The number of rotatable bonds is 2. The number of carbonyl (C=O) groups is 1. The van der Waals surface area contributed by atoms with Crippen LogP contribution in [0.5, 0.6) is 0 Å². The molecule has 0 bridgehead atoms. The Morgan fingerprint density at radius 3 is 2.12 bits per heavy atom. The van der Waals surface area contributed by atoms with Crippen molar-refractivity contribution in [3.05, 3.63) is 60.2 Å². The molecule has 2 nitrogen and oxygen atoms in total. The zero-order valence-electron chi connectivity index (χ0n) is 9.01. The summed E-state index contributed by atoms with van der Waals surface area (Å²) >= 11 is 0. The van der Waals surface area contributed by atoms with E-state index in [0.29, 0.717) is 0 Å². The van der Waals surface area contributed by atoms with Gasteiger partial charge in [-0.1, -0.05) is 48.5 Å². The maximum Gasteiger partial charge on any atom is 1.00 e. The third-order valence-electron chi connectivity index (χ3n) is 2.21. The molecule has 3 heteroatoms.